The zero-order valence-electron chi connectivity index (χ0n) is 24.6. The molecular formula is C32H33FN6O6. The van der Waals surface area contributed by atoms with E-state index in [0.717, 1.165) is 10.9 Å². The number of anilines is 2. The maximum absolute atomic E-state index is 14.8. The van der Waals surface area contributed by atoms with Crippen LogP contribution in [0.1, 0.15) is 43.7 Å². The second kappa shape index (κ2) is 14.8. The Kier molecular flexibility index (Phi) is 10.3. The van der Waals surface area contributed by atoms with Gasteiger partial charge in [0, 0.05) is 24.2 Å². The van der Waals surface area contributed by atoms with Crippen molar-refractivity contribution in [3.8, 4) is 0 Å². The number of benzene rings is 1. The Hall–Kier alpha value is -4.85. The SMILES string of the molecule is CC(CN1C(=O)c2ccccc2C1=O)OCCOCCOCC(F)Cc1nc(Nc2ccc3cnccc3n2)ccc1C(N)=O. The van der Waals surface area contributed by atoms with E-state index in [0.29, 0.717) is 22.8 Å². The van der Waals surface area contributed by atoms with Crippen molar-refractivity contribution < 1.29 is 33.0 Å². The number of fused-ring (bicyclic) bond motifs is 2. The van der Waals surface area contributed by atoms with E-state index >= 15 is 0 Å². The van der Waals surface area contributed by atoms with Gasteiger partial charge in [-0.05, 0) is 49.4 Å². The molecule has 4 heterocycles. The predicted molar refractivity (Wildman–Crippen MR) is 163 cm³/mol. The van der Waals surface area contributed by atoms with Crippen LogP contribution in [0, 0.1) is 0 Å². The monoisotopic (exact) mass is 616 g/mol. The number of imide groups is 1. The van der Waals surface area contributed by atoms with Gasteiger partial charge in [-0.2, -0.15) is 0 Å². The summed E-state index contributed by atoms with van der Waals surface area (Å²) in [7, 11) is 0. The van der Waals surface area contributed by atoms with Gasteiger partial charge in [0.2, 0.25) is 0 Å². The Bertz CT molecular complexity index is 1650. The number of amides is 3. The number of nitrogens with zero attached hydrogens (tertiary/aromatic N) is 4. The molecule has 0 aliphatic carbocycles. The topological polar surface area (TPSA) is 159 Å². The number of nitrogens with two attached hydrogens (primary N) is 1. The first kappa shape index (κ1) is 31.6. The minimum Gasteiger partial charge on any atom is -0.377 e. The molecule has 234 valence electrons. The number of halogens is 1. The smallest absolute Gasteiger partial charge is 0.261 e. The van der Waals surface area contributed by atoms with E-state index < -0.39 is 12.1 Å². The number of ether oxygens (including phenoxy) is 3. The summed E-state index contributed by atoms with van der Waals surface area (Å²) < 4.78 is 31.4. The molecule has 1 aliphatic rings. The molecule has 12 nitrogen and oxygen atoms in total. The van der Waals surface area contributed by atoms with Gasteiger partial charge in [0.25, 0.3) is 17.7 Å². The van der Waals surface area contributed by atoms with E-state index in [2.05, 4.69) is 20.3 Å². The van der Waals surface area contributed by atoms with Crippen LogP contribution in [-0.2, 0) is 20.6 Å². The van der Waals surface area contributed by atoms with E-state index in [1.165, 1.54) is 11.0 Å². The molecule has 1 aliphatic heterocycles. The number of carbonyl (C=O) groups excluding carboxylic acids is 3. The summed E-state index contributed by atoms with van der Waals surface area (Å²) in [4.78, 5) is 51.1. The fraction of sp³-hybridized carbons (Fsp3) is 0.312. The van der Waals surface area contributed by atoms with Crippen molar-refractivity contribution >= 4 is 40.3 Å². The van der Waals surface area contributed by atoms with Gasteiger partial charge < -0.3 is 25.3 Å². The Morgan fingerprint density at radius 2 is 1.62 bits per heavy atom. The summed E-state index contributed by atoms with van der Waals surface area (Å²) in [5.74, 6) is -0.442. The predicted octanol–water partition coefficient (Wildman–Crippen LogP) is 3.48. The fourth-order valence-electron chi connectivity index (χ4n) is 4.84. The first-order valence-electron chi connectivity index (χ1n) is 14.4. The van der Waals surface area contributed by atoms with Crippen LogP contribution in [0.3, 0.4) is 0 Å². The number of rotatable bonds is 16. The van der Waals surface area contributed by atoms with Crippen LogP contribution >= 0.6 is 0 Å². The molecule has 45 heavy (non-hydrogen) atoms. The van der Waals surface area contributed by atoms with E-state index in [9.17, 15) is 18.8 Å². The van der Waals surface area contributed by atoms with Gasteiger partial charge >= 0.3 is 0 Å². The van der Waals surface area contributed by atoms with Crippen LogP contribution in [0.2, 0.25) is 0 Å². The third-order valence-corrected chi connectivity index (χ3v) is 7.02. The lowest BCUT2D eigenvalue weighted by molar-refractivity contribution is -0.0173. The maximum Gasteiger partial charge on any atom is 0.261 e. The number of nitrogens with one attached hydrogen (secondary N) is 1. The largest absolute Gasteiger partial charge is 0.377 e. The van der Waals surface area contributed by atoms with Crippen LogP contribution in [0.4, 0.5) is 16.0 Å². The van der Waals surface area contributed by atoms with Gasteiger partial charge in [0.1, 0.15) is 17.8 Å². The van der Waals surface area contributed by atoms with Crippen molar-refractivity contribution in [3.05, 3.63) is 89.4 Å². The number of carbonyl (C=O) groups is 3. The molecule has 13 heteroatoms. The Labute approximate surface area is 258 Å². The van der Waals surface area contributed by atoms with E-state index in [1.807, 2.05) is 6.07 Å². The lowest BCUT2D eigenvalue weighted by Gasteiger charge is -2.19. The van der Waals surface area contributed by atoms with Gasteiger partial charge in [-0.25, -0.2) is 14.4 Å². The zero-order valence-corrected chi connectivity index (χ0v) is 24.6. The van der Waals surface area contributed by atoms with E-state index in [1.54, 1.807) is 61.8 Å². The average molecular weight is 617 g/mol. The van der Waals surface area contributed by atoms with Gasteiger partial charge in [-0.3, -0.25) is 24.3 Å². The third kappa shape index (κ3) is 8.01. The van der Waals surface area contributed by atoms with Gasteiger partial charge in [0.05, 0.1) is 73.6 Å². The highest BCUT2D eigenvalue weighted by atomic mass is 19.1. The second-order valence-electron chi connectivity index (χ2n) is 10.4. The van der Waals surface area contributed by atoms with Crippen LogP contribution in [0.25, 0.3) is 10.9 Å². The first-order chi connectivity index (χ1) is 21.8. The number of hydrogen-bond acceptors (Lipinski definition) is 10. The van der Waals surface area contributed by atoms with Gasteiger partial charge in [-0.15, -0.1) is 0 Å². The molecule has 3 aromatic heterocycles. The fourth-order valence-corrected chi connectivity index (χ4v) is 4.84. The molecule has 0 saturated heterocycles. The molecule has 3 N–H and O–H groups in total. The molecule has 4 aromatic rings. The number of primary amides is 1. The summed E-state index contributed by atoms with van der Waals surface area (Å²) in [6.07, 6.45) is 1.36. The van der Waals surface area contributed by atoms with Crippen LogP contribution in [0.5, 0.6) is 0 Å². The standard InChI is InChI=1S/C32H33FN6O6/c1-20(18-39-31(41)23-4-2-3-5-24(23)32(39)42)45-15-14-43-12-13-44-19-22(33)16-27-25(30(34)40)7-9-29(37-27)38-28-8-6-21-17-35-11-10-26(21)36-28/h2-11,17,20,22H,12-16,18-19H2,1H3,(H2,34,40)(H,36,37,38). The van der Waals surface area contributed by atoms with Crippen molar-refractivity contribution in [2.75, 3.05) is 44.9 Å². The van der Waals surface area contributed by atoms with Gasteiger partial charge in [0.15, 0.2) is 0 Å². The molecule has 2 atom stereocenters. The number of hydrogen-bond donors (Lipinski definition) is 2. The van der Waals surface area contributed by atoms with Gasteiger partial charge in [-0.1, -0.05) is 12.1 Å². The highest BCUT2D eigenvalue weighted by molar-refractivity contribution is 6.21. The summed E-state index contributed by atoms with van der Waals surface area (Å²) in [5.41, 5.74) is 7.37. The molecule has 2 unspecified atom stereocenters. The molecule has 1 aromatic carbocycles. The van der Waals surface area contributed by atoms with Crippen molar-refractivity contribution in [1.82, 2.24) is 19.9 Å². The van der Waals surface area contributed by atoms with Crippen molar-refractivity contribution in [1.29, 1.82) is 0 Å². The van der Waals surface area contributed by atoms with E-state index in [-0.39, 0.29) is 75.2 Å². The zero-order chi connectivity index (χ0) is 31.8. The summed E-state index contributed by atoms with van der Waals surface area (Å²) in [6, 6.07) is 15.2. The summed E-state index contributed by atoms with van der Waals surface area (Å²) >= 11 is 0. The molecule has 5 rings (SSSR count). The highest BCUT2D eigenvalue weighted by Crippen LogP contribution is 2.23. The Morgan fingerprint density at radius 1 is 0.933 bits per heavy atom. The van der Waals surface area contributed by atoms with Crippen LogP contribution in [0.15, 0.2) is 67.0 Å². The normalized spacial score (nSPS) is 14.0. The number of aromatic nitrogens is 3. The first-order valence-corrected chi connectivity index (χ1v) is 14.4. The maximum atomic E-state index is 14.8. The molecule has 3 amide bonds. The molecule has 0 bridgehead atoms. The quantitative estimate of drug-likeness (QED) is 0.141. The second-order valence-corrected chi connectivity index (χ2v) is 10.4. The van der Waals surface area contributed by atoms with E-state index in [4.69, 9.17) is 19.9 Å². The van der Waals surface area contributed by atoms with Crippen LogP contribution < -0.4 is 11.1 Å². The van der Waals surface area contributed by atoms with Crippen LogP contribution in [-0.4, -0.2) is 89.4 Å². The highest BCUT2D eigenvalue weighted by Gasteiger charge is 2.35. The minimum atomic E-state index is -1.44. The van der Waals surface area contributed by atoms with Crippen molar-refractivity contribution in [3.63, 3.8) is 0 Å². The average Bonchev–Trinajstić information content (AvgIpc) is 3.27. The molecule has 0 fully saturated rings. The lowest BCUT2D eigenvalue weighted by atomic mass is 10.1. The molecule has 0 spiro atoms. The Morgan fingerprint density at radius 3 is 2.38 bits per heavy atom. The third-order valence-electron chi connectivity index (χ3n) is 7.02. The molecular weight excluding hydrogens is 583 g/mol. The van der Waals surface area contributed by atoms with Crippen molar-refractivity contribution in [2.45, 2.75) is 25.6 Å². The van der Waals surface area contributed by atoms with Crippen molar-refractivity contribution in [2.24, 2.45) is 5.73 Å². The number of pyridine rings is 3. The summed E-state index contributed by atoms with van der Waals surface area (Å²) in [5, 5.41) is 3.96. The molecule has 0 radical (unpaired) electrons. The lowest BCUT2D eigenvalue weighted by Crippen LogP contribution is -2.37. The number of alkyl halides is 1. The minimum absolute atomic E-state index is 0.126. The Balaban J connectivity index is 1.00. The molecule has 0 saturated carbocycles. The summed E-state index contributed by atoms with van der Waals surface area (Å²) in [6.45, 7) is 2.54.